The number of piperidine rings is 1. The number of phenols is 1. The number of hydrogen-bond acceptors (Lipinski definition) is 3. The van der Waals surface area contributed by atoms with Gasteiger partial charge in [0, 0.05) is 6.04 Å². The second-order valence-electron chi connectivity index (χ2n) is 6.11. The number of aromatic hydroxyl groups is 1. The molecule has 1 fully saturated rings. The summed E-state index contributed by atoms with van der Waals surface area (Å²) in [6.45, 7) is 4.71. The highest BCUT2D eigenvalue weighted by Gasteiger charge is 2.36. The average molecular weight is 275 g/mol. The highest BCUT2D eigenvalue weighted by Crippen LogP contribution is 2.44. The Morgan fingerprint density at radius 3 is 2.95 bits per heavy atom. The molecule has 0 radical (unpaired) electrons. The van der Waals surface area contributed by atoms with Crippen LogP contribution in [0.1, 0.15) is 49.7 Å². The first kappa shape index (κ1) is 13.7. The summed E-state index contributed by atoms with van der Waals surface area (Å²) in [4.78, 5) is 2.67. The maximum absolute atomic E-state index is 10.1. The van der Waals surface area contributed by atoms with E-state index in [0.717, 1.165) is 6.42 Å². The lowest BCUT2D eigenvalue weighted by Crippen LogP contribution is -2.46. The maximum Gasteiger partial charge on any atom is 0.160 e. The van der Waals surface area contributed by atoms with Gasteiger partial charge in [-0.1, -0.05) is 6.92 Å². The molecule has 1 aliphatic heterocycles. The third kappa shape index (κ3) is 2.28. The number of hydrogen-bond donors (Lipinski definition) is 1. The van der Waals surface area contributed by atoms with Crippen LogP contribution in [0.15, 0.2) is 12.1 Å². The smallest absolute Gasteiger partial charge is 0.160 e. The third-order valence-electron chi connectivity index (χ3n) is 4.95. The molecule has 110 valence electrons. The van der Waals surface area contributed by atoms with Gasteiger partial charge in [0.25, 0.3) is 0 Å². The van der Waals surface area contributed by atoms with E-state index in [4.69, 9.17) is 4.74 Å². The molecule has 3 nitrogen and oxygen atoms in total. The standard InChI is InChI=1S/C17H25NO2/c1-3-8-18-9-4-5-13-14-11-16(19)17(20-2)10-12(14)6-7-15(13)18/h10-11,13,15,19H,3-9H2,1-2H3/t13-,15-/m0/s1. The van der Waals surface area contributed by atoms with Crippen molar-refractivity contribution in [3.05, 3.63) is 23.3 Å². The molecule has 1 N–H and O–H groups in total. The topological polar surface area (TPSA) is 32.7 Å². The molecule has 0 unspecified atom stereocenters. The van der Waals surface area contributed by atoms with Gasteiger partial charge in [-0.3, -0.25) is 4.90 Å². The molecule has 0 spiro atoms. The van der Waals surface area contributed by atoms with Gasteiger partial charge in [0.15, 0.2) is 11.5 Å². The summed E-state index contributed by atoms with van der Waals surface area (Å²) in [5, 5.41) is 10.1. The fourth-order valence-electron chi connectivity index (χ4n) is 4.09. The second kappa shape index (κ2) is 5.65. The van der Waals surface area contributed by atoms with Crippen LogP contribution in [-0.4, -0.2) is 36.2 Å². The largest absolute Gasteiger partial charge is 0.504 e. The number of fused-ring (bicyclic) bond motifs is 3. The summed E-state index contributed by atoms with van der Waals surface area (Å²) in [5.41, 5.74) is 2.74. The predicted octanol–water partition coefficient (Wildman–Crippen LogP) is 3.31. The monoisotopic (exact) mass is 275 g/mol. The van der Waals surface area contributed by atoms with Crippen LogP contribution in [0.2, 0.25) is 0 Å². The summed E-state index contributed by atoms with van der Waals surface area (Å²) in [7, 11) is 1.62. The van der Waals surface area contributed by atoms with Crippen LogP contribution < -0.4 is 4.74 Å². The van der Waals surface area contributed by atoms with Crippen LogP contribution in [0.5, 0.6) is 11.5 Å². The van der Waals surface area contributed by atoms with Gasteiger partial charge in [-0.15, -0.1) is 0 Å². The number of phenolic OH excluding ortho intramolecular Hbond substituents is 1. The molecule has 1 aromatic rings. The first-order chi connectivity index (χ1) is 9.74. The molecule has 0 bridgehead atoms. The molecule has 1 aromatic carbocycles. The van der Waals surface area contributed by atoms with Crippen molar-refractivity contribution in [2.45, 2.75) is 51.0 Å². The van der Waals surface area contributed by atoms with Crippen molar-refractivity contribution in [2.75, 3.05) is 20.2 Å². The van der Waals surface area contributed by atoms with Crippen molar-refractivity contribution in [1.82, 2.24) is 4.90 Å². The quantitative estimate of drug-likeness (QED) is 0.918. The Morgan fingerprint density at radius 1 is 1.35 bits per heavy atom. The summed E-state index contributed by atoms with van der Waals surface area (Å²) in [5.74, 6) is 1.50. The van der Waals surface area contributed by atoms with Gasteiger partial charge in [-0.05, 0) is 74.4 Å². The summed E-state index contributed by atoms with van der Waals surface area (Å²) in [6.07, 6.45) is 6.10. The van der Waals surface area contributed by atoms with Crippen molar-refractivity contribution in [1.29, 1.82) is 0 Å². The van der Waals surface area contributed by atoms with Gasteiger partial charge in [0.1, 0.15) is 0 Å². The van der Waals surface area contributed by atoms with Crippen molar-refractivity contribution in [3.63, 3.8) is 0 Å². The van der Waals surface area contributed by atoms with Gasteiger partial charge in [-0.2, -0.15) is 0 Å². The first-order valence-corrected chi connectivity index (χ1v) is 7.88. The van der Waals surface area contributed by atoms with Gasteiger partial charge < -0.3 is 9.84 Å². The molecule has 1 aliphatic carbocycles. The number of aryl methyl sites for hydroxylation is 1. The lowest BCUT2D eigenvalue weighted by molar-refractivity contribution is 0.112. The number of methoxy groups -OCH3 is 1. The van der Waals surface area contributed by atoms with Gasteiger partial charge in [0.05, 0.1) is 7.11 Å². The lowest BCUT2D eigenvalue weighted by atomic mass is 9.74. The zero-order valence-corrected chi connectivity index (χ0v) is 12.6. The zero-order chi connectivity index (χ0) is 14.1. The minimum Gasteiger partial charge on any atom is -0.504 e. The van der Waals surface area contributed by atoms with E-state index in [1.807, 2.05) is 12.1 Å². The van der Waals surface area contributed by atoms with E-state index in [2.05, 4.69) is 11.8 Å². The molecule has 3 heteroatoms. The molecule has 2 aliphatic rings. The Balaban J connectivity index is 1.93. The van der Waals surface area contributed by atoms with Crippen LogP contribution in [-0.2, 0) is 6.42 Å². The SMILES string of the molecule is CCCN1CCC[C@H]2c3cc(O)c(OC)cc3CC[C@@H]21. The molecule has 0 saturated carbocycles. The highest BCUT2D eigenvalue weighted by molar-refractivity contribution is 5.49. The van der Waals surface area contributed by atoms with Crippen LogP contribution in [0.4, 0.5) is 0 Å². The van der Waals surface area contributed by atoms with Crippen LogP contribution in [0.25, 0.3) is 0 Å². The Labute approximate surface area is 121 Å². The molecule has 3 rings (SSSR count). The Bertz CT molecular complexity index is 484. The van der Waals surface area contributed by atoms with Gasteiger partial charge in [0.2, 0.25) is 0 Å². The normalized spacial score (nSPS) is 25.9. The molecule has 1 heterocycles. The summed E-state index contributed by atoms with van der Waals surface area (Å²) in [6, 6.07) is 4.67. The number of benzene rings is 1. The average Bonchev–Trinajstić information content (AvgIpc) is 2.47. The minimum atomic E-state index is 0.291. The molecule has 20 heavy (non-hydrogen) atoms. The van der Waals surface area contributed by atoms with Gasteiger partial charge >= 0.3 is 0 Å². The lowest BCUT2D eigenvalue weighted by Gasteiger charge is -2.45. The minimum absolute atomic E-state index is 0.291. The van der Waals surface area contributed by atoms with E-state index < -0.39 is 0 Å². The van der Waals surface area contributed by atoms with Crippen molar-refractivity contribution >= 4 is 0 Å². The maximum atomic E-state index is 10.1. The second-order valence-corrected chi connectivity index (χ2v) is 6.11. The van der Waals surface area contributed by atoms with Crippen molar-refractivity contribution in [2.24, 2.45) is 0 Å². The fraction of sp³-hybridized carbons (Fsp3) is 0.647. The van der Waals surface area contributed by atoms with E-state index >= 15 is 0 Å². The molecule has 0 amide bonds. The first-order valence-electron chi connectivity index (χ1n) is 7.88. The molecular formula is C17H25NO2. The Morgan fingerprint density at radius 2 is 2.20 bits per heavy atom. The molecule has 1 saturated heterocycles. The number of nitrogens with zero attached hydrogens (tertiary/aromatic N) is 1. The Kier molecular flexibility index (Phi) is 3.88. The number of likely N-dealkylation sites (tertiary alicyclic amines) is 1. The van der Waals surface area contributed by atoms with E-state index in [1.165, 1.54) is 49.9 Å². The third-order valence-corrected chi connectivity index (χ3v) is 4.95. The number of ether oxygens (including phenoxy) is 1. The van der Waals surface area contributed by atoms with Crippen molar-refractivity contribution < 1.29 is 9.84 Å². The van der Waals surface area contributed by atoms with E-state index in [1.54, 1.807) is 7.11 Å². The van der Waals surface area contributed by atoms with E-state index in [-0.39, 0.29) is 0 Å². The highest BCUT2D eigenvalue weighted by atomic mass is 16.5. The summed E-state index contributed by atoms with van der Waals surface area (Å²) < 4.78 is 5.25. The predicted molar refractivity (Wildman–Crippen MR) is 80.6 cm³/mol. The van der Waals surface area contributed by atoms with Crippen LogP contribution >= 0.6 is 0 Å². The van der Waals surface area contributed by atoms with Crippen LogP contribution in [0.3, 0.4) is 0 Å². The number of rotatable bonds is 3. The summed E-state index contributed by atoms with van der Waals surface area (Å²) >= 11 is 0. The Hall–Kier alpha value is -1.22. The molecule has 0 aromatic heterocycles. The zero-order valence-electron chi connectivity index (χ0n) is 12.6. The fourth-order valence-corrected chi connectivity index (χ4v) is 4.09. The van der Waals surface area contributed by atoms with Crippen molar-refractivity contribution in [3.8, 4) is 11.5 Å². The van der Waals surface area contributed by atoms with E-state index in [0.29, 0.717) is 23.5 Å². The van der Waals surface area contributed by atoms with E-state index in [9.17, 15) is 5.11 Å². The molecule has 2 atom stereocenters. The van der Waals surface area contributed by atoms with Gasteiger partial charge in [-0.25, -0.2) is 0 Å². The molecular weight excluding hydrogens is 250 g/mol. The van der Waals surface area contributed by atoms with Crippen LogP contribution in [0, 0.1) is 0 Å².